The Hall–Kier alpha value is -1.06. The zero-order valence-corrected chi connectivity index (χ0v) is 7.98. The number of hydrogen-bond acceptors (Lipinski definition) is 3. The number of rotatable bonds is 3. The molecule has 0 saturated carbocycles. The van der Waals surface area contributed by atoms with Gasteiger partial charge in [0.05, 0.1) is 12.3 Å². The van der Waals surface area contributed by atoms with Crippen molar-refractivity contribution in [1.29, 1.82) is 0 Å². The molecule has 0 fully saturated rings. The zero-order chi connectivity index (χ0) is 9.14. The minimum absolute atomic E-state index is 0.155. The van der Waals surface area contributed by atoms with E-state index in [1.165, 1.54) is 0 Å². The van der Waals surface area contributed by atoms with E-state index in [2.05, 4.69) is 10.3 Å². The molecule has 0 aliphatic heterocycles. The largest absolute Gasteiger partial charge is 0.473 e. The average molecular weight is 169 g/mol. The summed E-state index contributed by atoms with van der Waals surface area (Å²) in [6.07, 6.45) is 1.97. The summed E-state index contributed by atoms with van der Waals surface area (Å²) < 4.78 is 7.13. The Bertz CT molecular complexity index is 242. The quantitative estimate of drug-likeness (QED) is 0.690. The highest BCUT2D eigenvalue weighted by Crippen LogP contribution is 2.09. The predicted molar refractivity (Wildman–Crippen MR) is 46.2 cm³/mol. The van der Waals surface area contributed by atoms with Crippen molar-refractivity contribution >= 4 is 0 Å². The lowest BCUT2D eigenvalue weighted by atomic mass is 10.4. The summed E-state index contributed by atoms with van der Waals surface area (Å²) in [5.41, 5.74) is 0. The van der Waals surface area contributed by atoms with E-state index in [1.54, 1.807) is 4.68 Å². The van der Waals surface area contributed by atoms with E-state index >= 15 is 0 Å². The molecule has 1 aromatic heterocycles. The van der Waals surface area contributed by atoms with Crippen LogP contribution in [0.15, 0.2) is 6.20 Å². The number of aromatic nitrogens is 3. The lowest BCUT2D eigenvalue weighted by Gasteiger charge is -2.04. The molecule has 1 heterocycles. The van der Waals surface area contributed by atoms with Crippen molar-refractivity contribution in [2.45, 2.75) is 39.8 Å². The third kappa shape index (κ3) is 2.22. The Morgan fingerprint density at radius 2 is 2.00 bits per heavy atom. The van der Waals surface area contributed by atoms with Gasteiger partial charge in [0, 0.05) is 6.04 Å². The van der Waals surface area contributed by atoms with Gasteiger partial charge in [0.25, 0.3) is 5.88 Å². The van der Waals surface area contributed by atoms with Crippen LogP contribution in [0, 0.1) is 0 Å². The van der Waals surface area contributed by atoms with Crippen LogP contribution in [0.5, 0.6) is 5.88 Å². The molecule has 12 heavy (non-hydrogen) atoms. The number of nitrogens with zero attached hydrogens (tertiary/aromatic N) is 3. The van der Waals surface area contributed by atoms with Crippen LogP contribution in [-0.2, 0) is 0 Å². The van der Waals surface area contributed by atoms with E-state index in [0.29, 0.717) is 11.9 Å². The Kier molecular flexibility index (Phi) is 2.68. The Balaban J connectivity index is 2.64. The van der Waals surface area contributed by atoms with Gasteiger partial charge in [-0.25, -0.2) is 4.68 Å². The summed E-state index contributed by atoms with van der Waals surface area (Å²) in [5.74, 6) is 0.596. The van der Waals surface area contributed by atoms with Crippen LogP contribution in [0.2, 0.25) is 0 Å². The molecule has 0 radical (unpaired) electrons. The topological polar surface area (TPSA) is 39.9 Å². The molecule has 0 bridgehead atoms. The van der Waals surface area contributed by atoms with Crippen LogP contribution in [0.4, 0.5) is 0 Å². The molecule has 0 N–H and O–H groups in total. The monoisotopic (exact) mass is 169 g/mol. The summed E-state index contributed by atoms with van der Waals surface area (Å²) in [5, 5.41) is 7.78. The maximum absolute atomic E-state index is 5.35. The summed E-state index contributed by atoms with van der Waals surface area (Å²) in [7, 11) is 0. The molecule has 0 aliphatic carbocycles. The molecule has 68 valence electrons. The maximum atomic E-state index is 5.35. The van der Waals surface area contributed by atoms with Crippen LogP contribution in [0.3, 0.4) is 0 Å². The van der Waals surface area contributed by atoms with Gasteiger partial charge in [0.2, 0.25) is 0 Å². The van der Waals surface area contributed by atoms with Crippen molar-refractivity contribution in [1.82, 2.24) is 15.0 Å². The fraction of sp³-hybridized carbons (Fsp3) is 0.750. The Labute approximate surface area is 72.5 Å². The van der Waals surface area contributed by atoms with Crippen molar-refractivity contribution in [2.24, 2.45) is 0 Å². The van der Waals surface area contributed by atoms with Gasteiger partial charge in [-0.05, 0) is 27.7 Å². The van der Waals surface area contributed by atoms with E-state index in [-0.39, 0.29) is 6.10 Å². The van der Waals surface area contributed by atoms with E-state index in [1.807, 2.05) is 33.9 Å². The highest BCUT2D eigenvalue weighted by molar-refractivity contribution is 5.00. The van der Waals surface area contributed by atoms with Gasteiger partial charge in [-0.1, -0.05) is 10.3 Å². The van der Waals surface area contributed by atoms with E-state index in [0.717, 1.165) is 0 Å². The van der Waals surface area contributed by atoms with Crippen LogP contribution in [0.1, 0.15) is 33.7 Å². The molecule has 0 amide bonds. The SMILES string of the molecule is CC(C)Oc1cn(C(C)C)nn1. The van der Waals surface area contributed by atoms with E-state index in [4.69, 9.17) is 4.74 Å². The molecule has 4 heteroatoms. The van der Waals surface area contributed by atoms with Crippen molar-refractivity contribution in [2.75, 3.05) is 0 Å². The molecule has 1 rings (SSSR count). The smallest absolute Gasteiger partial charge is 0.253 e. The standard InChI is InChI=1S/C8H15N3O/c1-6(2)11-5-8(9-10-11)12-7(3)4/h5-7H,1-4H3. The number of hydrogen-bond donors (Lipinski definition) is 0. The molecule has 4 nitrogen and oxygen atoms in total. The summed E-state index contributed by atoms with van der Waals surface area (Å²) in [6.45, 7) is 8.03. The molecular formula is C8H15N3O. The third-order valence-corrected chi connectivity index (χ3v) is 1.37. The first-order chi connectivity index (χ1) is 5.59. The van der Waals surface area contributed by atoms with E-state index < -0.39 is 0 Å². The first-order valence-corrected chi connectivity index (χ1v) is 4.18. The van der Waals surface area contributed by atoms with Gasteiger partial charge < -0.3 is 4.74 Å². The molecule has 0 saturated heterocycles. The lowest BCUT2D eigenvalue weighted by Crippen LogP contribution is -2.05. The second-order valence-electron chi connectivity index (χ2n) is 3.30. The second-order valence-corrected chi connectivity index (χ2v) is 3.30. The van der Waals surface area contributed by atoms with Gasteiger partial charge in [-0.3, -0.25) is 0 Å². The average Bonchev–Trinajstić information content (AvgIpc) is 2.34. The third-order valence-electron chi connectivity index (χ3n) is 1.37. The van der Waals surface area contributed by atoms with Crippen LogP contribution >= 0.6 is 0 Å². The van der Waals surface area contributed by atoms with Crippen molar-refractivity contribution in [3.63, 3.8) is 0 Å². The molecule has 0 unspecified atom stereocenters. The minimum Gasteiger partial charge on any atom is -0.473 e. The fourth-order valence-corrected chi connectivity index (χ4v) is 0.808. The summed E-state index contributed by atoms with van der Waals surface area (Å²) in [6, 6.07) is 0.335. The van der Waals surface area contributed by atoms with Crippen molar-refractivity contribution < 1.29 is 4.74 Å². The molecule has 1 aromatic rings. The minimum atomic E-state index is 0.155. The molecule has 0 aromatic carbocycles. The highest BCUT2D eigenvalue weighted by Gasteiger charge is 2.04. The Morgan fingerprint density at radius 1 is 1.33 bits per heavy atom. The van der Waals surface area contributed by atoms with E-state index in [9.17, 15) is 0 Å². The van der Waals surface area contributed by atoms with Gasteiger partial charge in [-0.15, -0.1) is 0 Å². The van der Waals surface area contributed by atoms with Gasteiger partial charge in [-0.2, -0.15) is 0 Å². The van der Waals surface area contributed by atoms with Crippen molar-refractivity contribution in [3.8, 4) is 5.88 Å². The van der Waals surface area contributed by atoms with Crippen LogP contribution in [-0.4, -0.2) is 21.1 Å². The second kappa shape index (κ2) is 3.56. The summed E-state index contributed by atoms with van der Waals surface area (Å²) >= 11 is 0. The molecule has 0 spiro atoms. The maximum Gasteiger partial charge on any atom is 0.253 e. The summed E-state index contributed by atoms with van der Waals surface area (Å²) in [4.78, 5) is 0. The van der Waals surface area contributed by atoms with Crippen LogP contribution in [0.25, 0.3) is 0 Å². The first-order valence-electron chi connectivity index (χ1n) is 4.18. The molecule has 0 atom stereocenters. The zero-order valence-electron chi connectivity index (χ0n) is 7.98. The first kappa shape index (κ1) is 9.03. The van der Waals surface area contributed by atoms with Gasteiger partial charge >= 0.3 is 0 Å². The van der Waals surface area contributed by atoms with Crippen LogP contribution < -0.4 is 4.74 Å². The van der Waals surface area contributed by atoms with Gasteiger partial charge in [0.1, 0.15) is 0 Å². The molecular weight excluding hydrogens is 154 g/mol. The highest BCUT2D eigenvalue weighted by atomic mass is 16.5. The lowest BCUT2D eigenvalue weighted by molar-refractivity contribution is 0.232. The fourth-order valence-electron chi connectivity index (χ4n) is 0.808. The number of ether oxygens (including phenoxy) is 1. The predicted octanol–water partition coefficient (Wildman–Crippen LogP) is 1.65. The normalized spacial score (nSPS) is 11.2. The Morgan fingerprint density at radius 3 is 2.42 bits per heavy atom. The van der Waals surface area contributed by atoms with Crippen molar-refractivity contribution in [3.05, 3.63) is 6.20 Å². The molecule has 0 aliphatic rings. The van der Waals surface area contributed by atoms with Gasteiger partial charge in [0.15, 0.2) is 0 Å².